The molecule has 0 saturated heterocycles. The minimum atomic E-state index is -1.07. The molecule has 7 N–H and O–H groups in total. The molecule has 342 valence electrons. The number of methoxy groups -OCH3 is 2. The molecule has 9 rings (SSSR count). The fraction of sp³-hybridized carbons (Fsp3) is 0.320. The van der Waals surface area contributed by atoms with Crippen molar-refractivity contribution in [2.24, 2.45) is 11.7 Å². The van der Waals surface area contributed by atoms with Crippen molar-refractivity contribution < 1.29 is 43.2 Å². The number of amides is 4. The van der Waals surface area contributed by atoms with Crippen LogP contribution in [0.5, 0.6) is 23.0 Å². The average Bonchev–Trinajstić information content (AvgIpc) is 3.83. The summed E-state index contributed by atoms with van der Waals surface area (Å²) in [6, 6.07) is 25.3. The first kappa shape index (κ1) is 43.9. The van der Waals surface area contributed by atoms with Gasteiger partial charge in [-0.05, 0) is 90.4 Å². The number of nitrogens with one attached hydrogen (secondary N) is 4. The Morgan fingerprint density at radius 2 is 1.30 bits per heavy atom. The standard InChI is InChI=1S/C50H53N7O9/c1-26(2)45(51)48(60)53-27(3)46(58)54-32-15-28(24-65-43-21-36-34(19-41(43)63-4)49(61)56-33(23-52-36)17-30-10-6-8-12-38(30)56)14-29(16-32)25-66-44-22-37-35(20-42(44)64-5)50(62)57-39-13-9-7-11-31(39)18-40(57)47(59)55-37/h6-16,19-22,26-27,33,40,45,47,52,55,59H,17-18,23-25,51H2,1-5H3,(H,53,60)(H,54,58)/t27-,33-,40-,45-,47?/m0/s1. The Bertz CT molecular complexity index is 2740. The van der Waals surface area contributed by atoms with Crippen molar-refractivity contribution in [2.45, 2.75) is 77.2 Å². The predicted octanol–water partition coefficient (Wildman–Crippen LogP) is 5.60. The van der Waals surface area contributed by atoms with Crippen molar-refractivity contribution >= 4 is 52.1 Å². The fourth-order valence-corrected chi connectivity index (χ4v) is 9.10. The molecule has 5 atom stereocenters. The summed E-state index contributed by atoms with van der Waals surface area (Å²) >= 11 is 0. The Labute approximate surface area is 382 Å². The summed E-state index contributed by atoms with van der Waals surface area (Å²) in [5, 5.41) is 23.5. The fourth-order valence-electron chi connectivity index (χ4n) is 9.10. The van der Waals surface area contributed by atoms with Crippen LogP contribution in [0.1, 0.15) is 63.7 Å². The smallest absolute Gasteiger partial charge is 0.260 e. The molecule has 0 aromatic heterocycles. The number of ether oxygens (including phenoxy) is 4. The van der Waals surface area contributed by atoms with Gasteiger partial charge in [0, 0.05) is 35.7 Å². The number of para-hydroxylation sites is 2. The first-order valence-corrected chi connectivity index (χ1v) is 22.0. The molecule has 0 spiro atoms. The predicted molar refractivity (Wildman–Crippen MR) is 250 cm³/mol. The van der Waals surface area contributed by atoms with Gasteiger partial charge >= 0.3 is 0 Å². The zero-order chi connectivity index (χ0) is 46.4. The summed E-state index contributed by atoms with van der Waals surface area (Å²) in [4.78, 5) is 57.9. The van der Waals surface area contributed by atoms with Crippen LogP contribution in [-0.4, -0.2) is 79.9 Å². The molecule has 5 aromatic carbocycles. The summed E-state index contributed by atoms with van der Waals surface area (Å²) in [6.07, 6.45) is 0.168. The number of carbonyl (C=O) groups is 4. The van der Waals surface area contributed by atoms with Crippen molar-refractivity contribution in [1.29, 1.82) is 0 Å². The number of rotatable bonds is 13. The van der Waals surface area contributed by atoms with Crippen LogP contribution in [0, 0.1) is 5.92 Å². The van der Waals surface area contributed by atoms with Crippen LogP contribution in [0.4, 0.5) is 28.4 Å². The third-order valence-corrected chi connectivity index (χ3v) is 12.7. The van der Waals surface area contributed by atoms with Crippen LogP contribution in [0.15, 0.2) is 91.0 Å². The van der Waals surface area contributed by atoms with Gasteiger partial charge < -0.3 is 60.9 Å². The van der Waals surface area contributed by atoms with E-state index in [1.165, 1.54) is 14.2 Å². The van der Waals surface area contributed by atoms with Gasteiger partial charge in [-0.3, -0.25) is 19.2 Å². The molecular formula is C50H53N7O9. The number of nitrogens with two attached hydrogens (primary N) is 1. The van der Waals surface area contributed by atoms with Crippen LogP contribution in [0.25, 0.3) is 0 Å². The van der Waals surface area contributed by atoms with E-state index in [0.29, 0.717) is 75.3 Å². The Balaban J connectivity index is 0.980. The second-order valence-electron chi connectivity index (χ2n) is 17.4. The summed E-state index contributed by atoms with van der Waals surface area (Å²) in [5.74, 6) is -0.0857. The number of hydrogen-bond donors (Lipinski definition) is 6. The monoisotopic (exact) mass is 895 g/mol. The lowest BCUT2D eigenvalue weighted by atomic mass is 10.0. The van der Waals surface area contributed by atoms with E-state index >= 15 is 0 Å². The normalized spacial score (nSPS) is 18.7. The van der Waals surface area contributed by atoms with Crippen LogP contribution >= 0.6 is 0 Å². The molecule has 0 bridgehead atoms. The van der Waals surface area contributed by atoms with E-state index in [1.807, 2.05) is 67.3 Å². The SMILES string of the molecule is COc1cc2c(cc1OCc1cc(COc3cc4c(cc3OC)C(=O)N3c5ccccc5C[C@H]3C(O)N4)cc(NC(=O)[C@H](C)NC(=O)[C@@H](N)C(C)C)c1)NC[C@@H]1Cc3ccccc3N1C2=O. The maximum absolute atomic E-state index is 14.1. The molecule has 16 nitrogen and oxygen atoms in total. The van der Waals surface area contributed by atoms with Crippen LogP contribution in [0.2, 0.25) is 0 Å². The van der Waals surface area contributed by atoms with E-state index in [2.05, 4.69) is 27.3 Å². The third kappa shape index (κ3) is 8.29. The third-order valence-electron chi connectivity index (χ3n) is 12.7. The number of anilines is 5. The van der Waals surface area contributed by atoms with E-state index in [0.717, 1.165) is 28.9 Å². The number of aliphatic hydroxyl groups is 1. The topological polar surface area (TPSA) is 206 Å². The number of fused-ring (bicyclic) bond motifs is 8. The van der Waals surface area contributed by atoms with Gasteiger partial charge in [0.15, 0.2) is 23.0 Å². The van der Waals surface area contributed by atoms with Gasteiger partial charge in [0.1, 0.15) is 25.5 Å². The van der Waals surface area contributed by atoms with Gasteiger partial charge in [-0.25, -0.2) is 0 Å². The molecule has 4 aliphatic heterocycles. The number of nitrogens with zero attached hydrogens (tertiary/aromatic N) is 2. The van der Waals surface area contributed by atoms with Crippen LogP contribution in [0.3, 0.4) is 0 Å². The molecule has 1 unspecified atom stereocenters. The highest BCUT2D eigenvalue weighted by Crippen LogP contribution is 2.43. The van der Waals surface area contributed by atoms with Crippen LogP contribution in [-0.2, 0) is 35.6 Å². The molecular weight excluding hydrogens is 843 g/mol. The molecule has 4 amide bonds. The Morgan fingerprint density at radius 3 is 1.92 bits per heavy atom. The minimum Gasteiger partial charge on any atom is -0.493 e. The molecule has 4 aliphatic rings. The summed E-state index contributed by atoms with van der Waals surface area (Å²) in [7, 11) is 3.00. The molecule has 0 saturated carbocycles. The van der Waals surface area contributed by atoms with Gasteiger partial charge in [0.25, 0.3) is 11.8 Å². The molecule has 4 heterocycles. The second-order valence-corrected chi connectivity index (χ2v) is 17.4. The maximum atomic E-state index is 14.1. The van der Waals surface area contributed by atoms with Gasteiger partial charge in [-0.15, -0.1) is 0 Å². The lowest BCUT2D eigenvalue weighted by molar-refractivity contribution is -0.127. The largest absolute Gasteiger partial charge is 0.493 e. The van der Waals surface area contributed by atoms with E-state index in [1.54, 1.807) is 48.2 Å². The molecule has 0 aliphatic carbocycles. The number of benzene rings is 5. The van der Waals surface area contributed by atoms with E-state index in [-0.39, 0.29) is 37.0 Å². The molecule has 5 aromatic rings. The zero-order valence-electron chi connectivity index (χ0n) is 37.3. The van der Waals surface area contributed by atoms with E-state index in [9.17, 15) is 24.3 Å². The summed E-state index contributed by atoms with van der Waals surface area (Å²) in [6.45, 7) is 5.77. The number of carbonyl (C=O) groups excluding carboxylic acids is 4. The summed E-state index contributed by atoms with van der Waals surface area (Å²) < 4.78 is 24.3. The van der Waals surface area contributed by atoms with Crippen LogP contribution < -0.4 is 55.7 Å². The highest BCUT2D eigenvalue weighted by Gasteiger charge is 2.42. The lowest BCUT2D eigenvalue weighted by Crippen LogP contribution is -2.50. The van der Waals surface area contributed by atoms with Crippen molar-refractivity contribution in [3.05, 3.63) is 124 Å². The minimum absolute atomic E-state index is 0.0182. The molecule has 16 heteroatoms. The highest BCUT2D eigenvalue weighted by molar-refractivity contribution is 6.13. The maximum Gasteiger partial charge on any atom is 0.260 e. The average molecular weight is 896 g/mol. The van der Waals surface area contributed by atoms with Gasteiger partial charge in [0.2, 0.25) is 11.8 Å². The highest BCUT2D eigenvalue weighted by atomic mass is 16.5. The van der Waals surface area contributed by atoms with Gasteiger partial charge in [-0.2, -0.15) is 0 Å². The van der Waals surface area contributed by atoms with Gasteiger partial charge in [-0.1, -0.05) is 50.2 Å². The van der Waals surface area contributed by atoms with Crippen molar-refractivity contribution in [2.75, 3.05) is 46.5 Å². The number of hydrogen-bond acceptors (Lipinski definition) is 12. The second kappa shape index (κ2) is 17.9. The first-order chi connectivity index (χ1) is 31.8. The van der Waals surface area contributed by atoms with Crippen molar-refractivity contribution in [3.63, 3.8) is 0 Å². The van der Waals surface area contributed by atoms with E-state index < -0.39 is 36.2 Å². The molecule has 0 fully saturated rings. The Hall–Kier alpha value is -7.30. The zero-order valence-corrected chi connectivity index (χ0v) is 37.3. The molecule has 0 radical (unpaired) electrons. The Kier molecular flexibility index (Phi) is 11.9. The molecule has 66 heavy (non-hydrogen) atoms. The number of aliphatic hydroxyl groups excluding tert-OH is 1. The van der Waals surface area contributed by atoms with Crippen molar-refractivity contribution in [1.82, 2.24) is 5.32 Å². The van der Waals surface area contributed by atoms with Crippen molar-refractivity contribution in [3.8, 4) is 23.0 Å². The first-order valence-electron chi connectivity index (χ1n) is 22.0. The van der Waals surface area contributed by atoms with Gasteiger partial charge in [0.05, 0.1) is 54.8 Å². The van der Waals surface area contributed by atoms with E-state index in [4.69, 9.17) is 24.7 Å². The summed E-state index contributed by atoms with van der Waals surface area (Å²) in [5.41, 5.74) is 13.3. The lowest BCUT2D eigenvalue weighted by Gasteiger charge is -2.26. The quantitative estimate of drug-likeness (QED) is 0.0855. The Morgan fingerprint density at radius 1 is 0.742 bits per heavy atom.